The number of hydrogen-bond donors (Lipinski definition) is 0. The summed E-state index contributed by atoms with van der Waals surface area (Å²) in [5, 5.41) is 3.43. The van der Waals surface area contributed by atoms with Crippen molar-refractivity contribution in [2.24, 2.45) is 0 Å². The predicted molar refractivity (Wildman–Crippen MR) is 190 cm³/mol. The number of rotatable bonds is 10. The van der Waals surface area contributed by atoms with Gasteiger partial charge in [0.1, 0.15) is 11.5 Å². The number of benzene rings is 4. The Morgan fingerprint density at radius 2 is 0.980 bits per heavy atom. The van der Waals surface area contributed by atoms with E-state index in [0.717, 1.165) is 45.7 Å². The molecule has 0 heterocycles. The van der Waals surface area contributed by atoms with E-state index in [1.54, 1.807) is 7.05 Å². The smallest absolute Gasteiger partial charge is 0.416 e. The Balaban J connectivity index is 0.000000894. The van der Waals surface area contributed by atoms with Gasteiger partial charge >= 0.3 is 20.9 Å². The third-order valence-corrected chi connectivity index (χ3v) is 11.8. The van der Waals surface area contributed by atoms with Crippen LogP contribution in [0.5, 0.6) is 11.5 Å². The van der Waals surface area contributed by atoms with Crippen molar-refractivity contribution >= 4 is 32.4 Å². The maximum Gasteiger partial charge on any atom is 0.416 e. The fourth-order valence-corrected chi connectivity index (χ4v) is 8.82. The molecule has 0 spiro atoms. The molecule has 0 saturated carbocycles. The first-order chi connectivity index (χ1) is 23.9. The molecule has 6 aromatic rings. The van der Waals surface area contributed by atoms with E-state index in [1.807, 2.05) is 90.5 Å². The Hall–Kier alpha value is -3.90. The summed E-state index contributed by atoms with van der Waals surface area (Å²) in [4.78, 5) is 0. The minimum atomic E-state index is -4.52. The second kappa shape index (κ2) is 18.0. The molecule has 272 valence electrons. The zero-order chi connectivity index (χ0) is 35.7. The van der Waals surface area contributed by atoms with Crippen LogP contribution in [-0.4, -0.2) is 11.7 Å². The molecule has 0 N–H and O–H groups in total. The van der Waals surface area contributed by atoms with Gasteiger partial charge in [-0.1, -0.05) is 67.6 Å². The Kier molecular flexibility index (Phi) is 14.1. The van der Waals surface area contributed by atoms with E-state index in [1.165, 1.54) is 24.3 Å². The van der Waals surface area contributed by atoms with Crippen LogP contribution in [0.2, 0.25) is 0 Å². The minimum absolute atomic E-state index is 0. The Labute approximate surface area is 306 Å². The molecule has 0 fully saturated rings. The molecule has 6 aromatic carbocycles. The average molecular weight is 779 g/mol. The van der Waals surface area contributed by atoms with Crippen molar-refractivity contribution < 1.29 is 52.5 Å². The van der Waals surface area contributed by atoms with Crippen LogP contribution in [0, 0.1) is 0 Å². The summed E-state index contributed by atoms with van der Waals surface area (Å²) in [6.45, 7) is 1.96. The Morgan fingerprint density at radius 1 is 0.588 bits per heavy atom. The molecule has 3 nitrogen and oxygen atoms in total. The molecule has 0 radical (unpaired) electrons. The molecule has 0 aliphatic carbocycles. The minimum Gasteiger partial charge on any atom is -0.748 e. The molecule has 0 unspecified atom stereocenters. The SMILES string of the molecule is C[C@H]([c-]1cccc1P(c1ccccc1)c1ccccc1)N(C)P(Oc1ccc(C(F)(F)F)cc1)Oc1ccc(C(F)(F)F)cc1.[Fe].[cH-]1[cH-][cH-][cH-][cH-]1. The molecular weight excluding hydrogens is 746 g/mol. The second-order valence-electron chi connectivity index (χ2n) is 11.0. The van der Waals surface area contributed by atoms with Crippen molar-refractivity contribution in [3.63, 3.8) is 0 Å². The van der Waals surface area contributed by atoms with Crippen LogP contribution in [0.4, 0.5) is 26.3 Å². The van der Waals surface area contributed by atoms with E-state index in [-0.39, 0.29) is 34.6 Å². The first-order valence-electron chi connectivity index (χ1n) is 15.5. The first-order valence-corrected chi connectivity index (χ1v) is 17.9. The summed E-state index contributed by atoms with van der Waals surface area (Å²) in [5.74, 6) is 0.247. The van der Waals surface area contributed by atoms with Crippen molar-refractivity contribution in [3.05, 3.63) is 174 Å². The van der Waals surface area contributed by atoms with Crippen molar-refractivity contribution in [3.8, 4) is 11.5 Å². The standard InChI is InChI=1S/C34H28F6NO2P2.C5H5.Fe/c1-24(31-14-9-15-32(31)44(29-10-5-3-6-11-29)30-12-7-4-8-13-30)41(2)45(42-27-20-16-25(17-21-27)33(35,36)37)43-28-22-18-26(19-23-28)34(38,39)40;1-2-4-5-3-1;/h3-24H,1-2H3;1-5H;/q-1;-5;/t24-;;/m1../s1. The van der Waals surface area contributed by atoms with Gasteiger partial charge in [-0.15, -0.1) is 10.9 Å². The summed E-state index contributed by atoms with van der Waals surface area (Å²) < 4.78 is 93.1. The molecule has 0 saturated heterocycles. The van der Waals surface area contributed by atoms with Gasteiger partial charge in [-0.05, 0) is 80.2 Å². The summed E-state index contributed by atoms with van der Waals surface area (Å²) in [6, 6.07) is 44.5. The maximum absolute atomic E-state index is 13.2. The van der Waals surface area contributed by atoms with Gasteiger partial charge in [-0.3, -0.25) is 0 Å². The molecule has 6 rings (SSSR count). The van der Waals surface area contributed by atoms with Crippen LogP contribution >= 0.6 is 16.4 Å². The molecule has 51 heavy (non-hydrogen) atoms. The zero-order valence-corrected chi connectivity index (χ0v) is 30.3. The fraction of sp³-hybridized carbons (Fsp3) is 0.128. The molecular formula is C39H33F6FeNO2P2-6. The van der Waals surface area contributed by atoms with E-state index in [0.29, 0.717) is 0 Å². The van der Waals surface area contributed by atoms with Crippen LogP contribution in [0.15, 0.2) is 158 Å². The quantitative estimate of drug-likeness (QED) is 0.0598. The summed E-state index contributed by atoms with van der Waals surface area (Å²) in [6.07, 6.45) is -9.04. The Morgan fingerprint density at radius 3 is 1.35 bits per heavy atom. The van der Waals surface area contributed by atoms with Gasteiger partial charge in [0.15, 0.2) is 0 Å². The molecule has 0 aliphatic heterocycles. The van der Waals surface area contributed by atoms with Crippen LogP contribution in [0.3, 0.4) is 0 Å². The summed E-state index contributed by atoms with van der Waals surface area (Å²) in [7, 11) is -1.24. The Bertz CT molecular complexity index is 1750. The normalized spacial score (nSPS) is 12.2. The largest absolute Gasteiger partial charge is 0.748 e. The second-order valence-corrected chi connectivity index (χ2v) is 14.7. The molecule has 1 atom stereocenters. The topological polar surface area (TPSA) is 21.7 Å². The van der Waals surface area contributed by atoms with Crippen molar-refractivity contribution in [2.45, 2.75) is 25.3 Å². The molecule has 12 heteroatoms. The van der Waals surface area contributed by atoms with Crippen LogP contribution < -0.4 is 25.0 Å². The maximum atomic E-state index is 13.2. The van der Waals surface area contributed by atoms with E-state index in [9.17, 15) is 26.3 Å². The first kappa shape index (κ1) is 39.9. The van der Waals surface area contributed by atoms with E-state index >= 15 is 0 Å². The number of nitrogens with zero attached hydrogens (tertiary/aromatic N) is 1. The van der Waals surface area contributed by atoms with Gasteiger partial charge in [0.05, 0.1) is 11.1 Å². The number of hydrogen-bond acceptors (Lipinski definition) is 3. The predicted octanol–water partition coefficient (Wildman–Crippen LogP) is 11.0. The number of alkyl halides is 6. The van der Waals surface area contributed by atoms with Crippen molar-refractivity contribution in [1.82, 2.24) is 4.67 Å². The van der Waals surface area contributed by atoms with Crippen LogP contribution in [0.1, 0.15) is 29.7 Å². The van der Waals surface area contributed by atoms with Gasteiger partial charge < -0.3 is 39.4 Å². The van der Waals surface area contributed by atoms with E-state index in [2.05, 4.69) is 30.3 Å². The summed E-state index contributed by atoms with van der Waals surface area (Å²) >= 11 is 0. The van der Waals surface area contributed by atoms with Crippen LogP contribution in [-0.2, 0) is 29.4 Å². The van der Waals surface area contributed by atoms with Crippen molar-refractivity contribution in [1.29, 1.82) is 0 Å². The molecule has 0 bridgehead atoms. The van der Waals surface area contributed by atoms with E-state index in [4.69, 9.17) is 9.05 Å². The van der Waals surface area contributed by atoms with Crippen LogP contribution in [0.25, 0.3) is 0 Å². The number of halogens is 6. The molecule has 0 amide bonds. The van der Waals surface area contributed by atoms with Gasteiger partial charge in [0.25, 0.3) is 0 Å². The van der Waals surface area contributed by atoms with Gasteiger partial charge in [-0.2, -0.15) is 32.4 Å². The molecule has 0 aliphatic rings. The van der Waals surface area contributed by atoms with Gasteiger partial charge in [0, 0.05) is 17.1 Å². The van der Waals surface area contributed by atoms with Gasteiger partial charge in [0.2, 0.25) is 0 Å². The van der Waals surface area contributed by atoms with Crippen molar-refractivity contribution in [2.75, 3.05) is 7.05 Å². The third-order valence-electron chi connectivity index (χ3n) is 7.65. The third kappa shape index (κ3) is 10.8. The average Bonchev–Trinajstić information content (AvgIpc) is 3.85. The zero-order valence-electron chi connectivity index (χ0n) is 27.4. The summed E-state index contributed by atoms with van der Waals surface area (Å²) in [5.41, 5.74) is -0.668. The molecule has 0 aromatic heterocycles. The fourth-order valence-electron chi connectivity index (χ4n) is 4.96. The van der Waals surface area contributed by atoms with Gasteiger partial charge in [-0.25, -0.2) is 16.8 Å². The van der Waals surface area contributed by atoms with E-state index < -0.39 is 39.9 Å². The monoisotopic (exact) mass is 779 g/mol.